The molecule has 0 aromatic rings. The molecule has 20 heavy (non-hydrogen) atoms. The lowest BCUT2D eigenvalue weighted by Gasteiger charge is -2.28. The molecule has 1 aliphatic carbocycles. The number of nitrogens with zero attached hydrogens (tertiary/aromatic N) is 2. The van der Waals surface area contributed by atoms with Crippen LogP contribution in [0.2, 0.25) is 0 Å². The van der Waals surface area contributed by atoms with Gasteiger partial charge in [0.15, 0.2) is 0 Å². The van der Waals surface area contributed by atoms with Crippen molar-refractivity contribution in [3.63, 3.8) is 0 Å². The number of rotatable bonds is 8. The van der Waals surface area contributed by atoms with Crippen molar-refractivity contribution in [3.8, 4) is 0 Å². The molecule has 1 fully saturated rings. The fraction of sp³-hybridized carbons (Fsp3) is 0.857. The van der Waals surface area contributed by atoms with Gasteiger partial charge in [0.1, 0.15) is 0 Å². The maximum Gasteiger partial charge on any atom is 0.223 e. The molecule has 0 saturated heterocycles. The van der Waals surface area contributed by atoms with Gasteiger partial charge in [-0.1, -0.05) is 25.1 Å². The monoisotopic (exact) mass is 301 g/mol. The standard InChI is InChI=1S/C14H27N3O2S/c1-16(11-14(19)7-3-4-8-14)9-6-13(18)17(2)10-5-12(15)20/h19H,3-11H2,1-2H3,(H2,15,20). The number of carbonyl (C=O) groups excluding carboxylic acids is 1. The van der Waals surface area contributed by atoms with E-state index in [9.17, 15) is 9.90 Å². The average Bonchev–Trinajstić information content (AvgIpc) is 2.79. The zero-order valence-corrected chi connectivity index (χ0v) is 13.4. The fourth-order valence-corrected chi connectivity index (χ4v) is 2.74. The number of hydrogen-bond donors (Lipinski definition) is 2. The number of aliphatic hydroxyl groups is 1. The summed E-state index contributed by atoms with van der Waals surface area (Å²) in [5.41, 5.74) is 4.88. The van der Waals surface area contributed by atoms with Crippen molar-refractivity contribution >= 4 is 23.1 Å². The Morgan fingerprint density at radius 3 is 2.40 bits per heavy atom. The van der Waals surface area contributed by atoms with Crippen molar-refractivity contribution in [1.82, 2.24) is 9.80 Å². The van der Waals surface area contributed by atoms with Crippen LogP contribution in [0, 0.1) is 0 Å². The number of nitrogens with two attached hydrogens (primary N) is 1. The zero-order chi connectivity index (χ0) is 15.2. The van der Waals surface area contributed by atoms with Crippen LogP contribution >= 0.6 is 12.2 Å². The largest absolute Gasteiger partial charge is 0.393 e. The number of carbonyl (C=O) groups is 1. The minimum absolute atomic E-state index is 0.0894. The molecule has 0 aromatic heterocycles. The van der Waals surface area contributed by atoms with Gasteiger partial charge in [-0.25, -0.2) is 0 Å². The second kappa shape index (κ2) is 7.90. The van der Waals surface area contributed by atoms with E-state index in [0.29, 0.717) is 37.5 Å². The van der Waals surface area contributed by atoms with E-state index in [1.807, 2.05) is 11.9 Å². The molecule has 1 amide bonds. The van der Waals surface area contributed by atoms with E-state index in [-0.39, 0.29) is 5.91 Å². The summed E-state index contributed by atoms with van der Waals surface area (Å²) in [7, 11) is 3.73. The molecule has 1 rings (SSSR count). The number of hydrogen-bond acceptors (Lipinski definition) is 4. The number of likely N-dealkylation sites (N-methyl/N-ethyl adjacent to an activating group) is 1. The predicted molar refractivity (Wildman–Crippen MR) is 84.6 cm³/mol. The van der Waals surface area contributed by atoms with Crippen LogP contribution in [-0.2, 0) is 4.79 Å². The van der Waals surface area contributed by atoms with Crippen molar-refractivity contribution in [1.29, 1.82) is 0 Å². The molecule has 0 spiro atoms. The second-order valence-electron chi connectivity index (χ2n) is 5.95. The molecule has 0 aromatic carbocycles. The minimum Gasteiger partial charge on any atom is -0.393 e. The molecule has 1 saturated carbocycles. The van der Waals surface area contributed by atoms with Crippen molar-refractivity contribution in [3.05, 3.63) is 0 Å². The summed E-state index contributed by atoms with van der Waals surface area (Å²) in [6, 6.07) is 0. The Kier molecular flexibility index (Phi) is 6.85. The van der Waals surface area contributed by atoms with Gasteiger partial charge in [0.2, 0.25) is 5.91 Å². The number of amides is 1. The van der Waals surface area contributed by atoms with Crippen LogP contribution < -0.4 is 5.73 Å². The molecular weight excluding hydrogens is 274 g/mol. The highest BCUT2D eigenvalue weighted by Gasteiger charge is 2.32. The molecule has 3 N–H and O–H groups in total. The van der Waals surface area contributed by atoms with Crippen molar-refractivity contribution in [2.24, 2.45) is 5.73 Å². The van der Waals surface area contributed by atoms with Crippen LogP contribution in [0.25, 0.3) is 0 Å². The molecule has 0 unspecified atom stereocenters. The van der Waals surface area contributed by atoms with Crippen molar-refractivity contribution < 1.29 is 9.90 Å². The molecule has 0 bridgehead atoms. The first-order valence-corrected chi connectivity index (χ1v) is 7.66. The second-order valence-corrected chi connectivity index (χ2v) is 6.48. The molecule has 0 aliphatic heterocycles. The van der Waals surface area contributed by atoms with Crippen LogP contribution in [0.3, 0.4) is 0 Å². The first-order valence-electron chi connectivity index (χ1n) is 7.26. The Morgan fingerprint density at radius 2 is 1.85 bits per heavy atom. The highest BCUT2D eigenvalue weighted by Crippen LogP contribution is 2.29. The van der Waals surface area contributed by atoms with E-state index in [1.165, 1.54) is 0 Å². The molecular formula is C14H27N3O2S. The van der Waals surface area contributed by atoms with E-state index in [2.05, 4.69) is 0 Å². The van der Waals surface area contributed by atoms with E-state index in [1.54, 1.807) is 11.9 Å². The lowest BCUT2D eigenvalue weighted by atomic mass is 10.0. The third-order valence-corrected chi connectivity index (χ3v) is 4.13. The zero-order valence-electron chi connectivity index (χ0n) is 12.6. The molecule has 1 aliphatic rings. The van der Waals surface area contributed by atoms with Gasteiger partial charge in [0.25, 0.3) is 0 Å². The fourth-order valence-electron chi connectivity index (χ4n) is 2.65. The SMILES string of the molecule is CN(CCC(=O)N(C)CCC(N)=S)CC1(O)CCCC1. The molecule has 0 heterocycles. The third kappa shape index (κ3) is 6.15. The van der Waals surface area contributed by atoms with Crippen LogP contribution in [0.4, 0.5) is 0 Å². The van der Waals surface area contributed by atoms with Crippen molar-refractivity contribution in [2.75, 3.05) is 33.7 Å². The Hall–Kier alpha value is -0.720. The first kappa shape index (κ1) is 17.3. The highest BCUT2D eigenvalue weighted by molar-refractivity contribution is 7.80. The highest BCUT2D eigenvalue weighted by atomic mass is 32.1. The Morgan fingerprint density at radius 1 is 1.25 bits per heavy atom. The molecule has 0 radical (unpaired) electrons. The summed E-state index contributed by atoms with van der Waals surface area (Å²) in [4.78, 5) is 16.1. The van der Waals surface area contributed by atoms with Gasteiger partial charge >= 0.3 is 0 Å². The summed E-state index contributed by atoms with van der Waals surface area (Å²) in [5.74, 6) is 0.0894. The van der Waals surface area contributed by atoms with E-state index in [0.717, 1.165) is 25.7 Å². The van der Waals surface area contributed by atoms with E-state index < -0.39 is 5.60 Å². The third-order valence-electron chi connectivity index (χ3n) is 3.93. The summed E-state index contributed by atoms with van der Waals surface area (Å²) in [5, 5.41) is 10.3. The summed E-state index contributed by atoms with van der Waals surface area (Å²) in [6.45, 7) is 1.89. The molecule has 6 heteroatoms. The minimum atomic E-state index is -0.546. The molecule has 5 nitrogen and oxygen atoms in total. The van der Waals surface area contributed by atoms with Crippen LogP contribution in [0.1, 0.15) is 38.5 Å². The Labute approximate surface area is 127 Å². The summed E-state index contributed by atoms with van der Waals surface area (Å²) >= 11 is 4.80. The predicted octanol–water partition coefficient (Wildman–Crippen LogP) is 0.748. The Bertz CT molecular complexity index is 343. The van der Waals surface area contributed by atoms with Crippen LogP contribution in [0.15, 0.2) is 0 Å². The van der Waals surface area contributed by atoms with E-state index >= 15 is 0 Å². The lowest BCUT2D eigenvalue weighted by molar-refractivity contribution is -0.130. The molecule has 0 atom stereocenters. The topological polar surface area (TPSA) is 69.8 Å². The summed E-state index contributed by atoms with van der Waals surface area (Å²) < 4.78 is 0. The maximum atomic E-state index is 11.9. The normalized spacial score (nSPS) is 17.4. The lowest BCUT2D eigenvalue weighted by Crippen LogP contribution is -2.41. The van der Waals surface area contributed by atoms with Gasteiger partial charge in [-0.05, 0) is 19.9 Å². The van der Waals surface area contributed by atoms with Crippen LogP contribution in [-0.4, -0.2) is 65.1 Å². The number of thiocarbonyl (C=S) groups is 1. The van der Waals surface area contributed by atoms with Gasteiger partial charge in [-0.2, -0.15) is 0 Å². The van der Waals surface area contributed by atoms with Gasteiger partial charge in [0, 0.05) is 39.5 Å². The maximum absolute atomic E-state index is 11.9. The van der Waals surface area contributed by atoms with Crippen LogP contribution in [0.5, 0.6) is 0 Å². The summed E-state index contributed by atoms with van der Waals surface area (Å²) in [6.07, 6.45) is 4.97. The van der Waals surface area contributed by atoms with E-state index in [4.69, 9.17) is 18.0 Å². The smallest absolute Gasteiger partial charge is 0.223 e. The van der Waals surface area contributed by atoms with Gasteiger partial charge in [-0.15, -0.1) is 0 Å². The van der Waals surface area contributed by atoms with Gasteiger partial charge in [0.05, 0.1) is 10.6 Å². The quantitative estimate of drug-likeness (QED) is 0.647. The van der Waals surface area contributed by atoms with Gasteiger partial charge in [-0.3, -0.25) is 4.79 Å². The Balaban J connectivity index is 2.24. The molecule has 116 valence electrons. The first-order chi connectivity index (χ1) is 9.32. The van der Waals surface area contributed by atoms with Crippen molar-refractivity contribution in [2.45, 2.75) is 44.1 Å². The van der Waals surface area contributed by atoms with Gasteiger partial charge < -0.3 is 20.6 Å². The average molecular weight is 301 g/mol.